The van der Waals surface area contributed by atoms with Crippen LogP contribution < -0.4 is 4.90 Å². The number of carbonyl (C=O) groups excluding carboxylic acids is 1. The van der Waals surface area contributed by atoms with Crippen LogP contribution in [-0.4, -0.2) is 46.4 Å². The van der Waals surface area contributed by atoms with Crippen LogP contribution in [-0.2, 0) is 12.6 Å². The minimum Gasteiger partial charge on any atom is -0.368 e. The van der Waals surface area contributed by atoms with Crippen molar-refractivity contribution in [1.82, 2.24) is 14.3 Å². The first-order valence-corrected chi connectivity index (χ1v) is 10.0. The second-order valence-corrected chi connectivity index (χ2v) is 7.55. The molecule has 30 heavy (non-hydrogen) atoms. The topological polar surface area (TPSA) is 40.9 Å². The SMILES string of the molecule is CCc1nc2c(Cl)cc(C(F)(F)F)cn2c1C(=O)N1CCN(c2ccccc2)CC1. The molecule has 0 N–H and O–H groups in total. The van der Waals surface area contributed by atoms with Gasteiger partial charge in [0.1, 0.15) is 5.69 Å². The van der Waals surface area contributed by atoms with Crippen LogP contribution in [0.25, 0.3) is 5.65 Å². The number of benzene rings is 1. The number of para-hydroxylation sites is 1. The van der Waals surface area contributed by atoms with Crippen molar-refractivity contribution in [3.63, 3.8) is 0 Å². The predicted molar refractivity (Wildman–Crippen MR) is 109 cm³/mol. The van der Waals surface area contributed by atoms with E-state index in [-0.39, 0.29) is 22.3 Å². The second-order valence-electron chi connectivity index (χ2n) is 7.14. The number of alkyl halides is 3. The van der Waals surface area contributed by atoms with Crippen molar-refractivity contribution in [3.05, 3.63) is 64.6 Å². The molecule has 0 unspecified atom stereocenters. The molecule has 0 bridgehead atoms. The van der Waals surface area contributed by atoms with Gasteiger partial charge in [0.2, 0.25) is 0 Å². The third-order valence-corrected chi connectivity index (χ3v) is 5.58. The monoisotopic (exact) mass is 436 g/mol. The number of hydrogen-bond donors (Lipinski definition) is 0. The summed E-state index contributed by atoms with van der Waals surface area (Å²) in [4.78, 5) is 21.5. The summed E-state index contributed by atoms with van der Waals surface area (Å²) >= 11 is 6.07. The van der Waals surface area contributed by atoms with Gasteiger partial charge >= 0.3 is 6.18 Å². The number of hydrogen-bond acceptors (Lipinski definition) is 3. The molecule has 5 nitrogen and oxygen atoms in total. The van der Waals surface area contributed by atoms with E-state index >= 15 is 0 Å². The summed E-state index contributed by atoms with van der Waals surface area (Å²) in [5, 5.41) is -0.132. The Bertz CT molecular complexity index is 1070. The van der Waals surface area contributed by atoms with Gasteiger partial charge in [0.25, 0.3) is 5.91 Å². The van der Waals surface area contributed by atoms with E-state index in [9.17, 15) is 18.0 Å². The fourth-order valence-electron chi connectivity index (χ4n) is 3.74. The first-order valence-electron chi connectivity index (χ1n) is 9.66. The largest absolute Gasteiger partial charge is 0.417 e. The normalized spacial score (nSPS) is 15.1. The Hall–Kier alpha value is -2.74. The molecule has 3 heterocycles. The van der Waals surface area contributed by atoms with Crippen LogP contribution in [0.1, 0.15) is 28.7 Å². The van der Waals surface area contributed by atoms with E-state index in [2.05, 4.69) is 9.88 Å². The minimum absolute atomic E-state index is 0.132. The van der Waals surface area contributed by atoms with Gasteiger partial charge in [-0.3, -0.25) is 9.20 Å². The maximum atomic E-state index is 13.3. The van der Waals surface area contributed by atoms with Crippen molar-refractivity contribution in [3.8, 4) is 0 Å². The average Bonchev–Trinajstić information content (AvgIpc) is 3.12. The molecule has 0 saturated carbocycles. The van der Waals surface area contributed by atoms with Gasteiger partial charge in [0.15, 0.2) is 5.65 Å². The zero-order valence-corrected chi connectivity index (χ0v) is 17.0. The van der Waals surface area contributed by atoms with Crippen molar-refractivity contribution in [1.29, 1.82) is 0 Å². The molecule has 0 spiro atoms. The van der Waals surface area contributed by atoms with Gasteiger partial charge in [0, 0.05) is 38.1 Å². The molecule has 0 atom stereocenters. The number of nitrogens with zero attached hydrogens (tertiary/aromatic N) is 4. The van der Waals surface area contributed by atoms with Crippen LogP contribution in [0.2, 0.25) is 5.02 Å². The lowest BCUT2D eigenvalue weighted by Gasteiger charge is -2.36. The van der Waals surface area contributed by atoms with E-state index < -0.39 is 11.7 Å². The molecule has 0 aliphatic carbocycles. The third-order valence-electron chi connectivity index (χ3n) is 5.30. The number of piperazine rings is 1. The molecule has 3 aromatic rings. The molecular weight excluding hydrogens is 417 g/mol. The molecule has 0 radical (unpaired) electrons. The van der Waals surface area contributed by atoms with Crippen LogP contribution in [0.3, 0.4) is 0 Å². The smallest absolute Gasteiger partial charge is 0.368 e. The highest BCUT2D eigenvalue weighted by Gasteiger charge is 2.34. The zero-order chi connectivity index (χ0) is 21.5. The van der Waals surface area contributed by atoms with E-state index in [0.29, 0.717) is 38.3 Å². The van der Waals surface area contributed by atoms with Crippen molar-refractivity contribution >= 4 is 28.8 Å². The summed E-state index contributed by atoms with van der Waals surface area (Å²) in [6.45, 7) is 4.03. The lowest BCUT2D eigenvalue weighted by Crippen LogP contribution is -2.49. The quantitative estimate of drug-likeness (QED) is 0.605. The Morgan fingerprint density at radius 1 is 1.13 bits per heavy atom. The van der Waals surface area contributed by atoms with Crippen molar-refractivity contribution in [2.75, 3.05) is 31.1 Å². The van der Waals surface area contributed by atoms with E-state index in [1.165, 1.54) is 4.40 Å². The molecule has 1 saturated heterocycles. The number of aryl methyl sites for hydroxylation is 1. The molecule has 2 aromatic heterocycles. The number of rotatable bonds is 3. The Labute approximate surface area is 176 Å². The highest BCUT2D eigenvalue weighted by Crippen LogP contribution is 2.33. The molecule has 1 amide bonds. The van der Waals surface area contributed by atoms with Gasteiger partial charge < -0.3 is 9.80 Å². The highest BCUT2D eigenvalue weighted by atomic mass is 35.5. The minimum atomic E-state index is -4.57. The molecular formula is C21H20ClF3N4O. The highest BCUT2D eigenvalue weighted by molar-refractivity contribution is 6.33. The maximum Gasteiger partial charge on any atom is 0.417 e. The number of halogens is 4. The number of pyridine rings is 1. The number of imidazole rings is 1. The first-order chi connectivity index (χ1) is 14.3. The summed E-state index contributed by atoms with van der Waals surface area (Å²) in [5.41, 5.74) is 0.909. The maximum absolute atomic E-state index is 13.3. The molecule has 1 aliphatic heterocycles. The number of carbonyl (C=O) groups is 1. The Morgan fingerprint density at radius 3 is 2.40 bits per heavy atom. The molecule has 1 fully saturated rings. The average molecular weight is 437 g/mol. The molecule has 1 aliphatic rings. The standard InChI is InChI=1S/C21H20ClF3N4O/c1-2-17-18(29-13-14(21(23,24)25)12-16(22)19(29)26-17)20(30)28-10-8-27(9-11-28)15-6-4-3-5-7-15/h3-7,12-13H,2,8-11H2,1H3. The van der Waals surface area contributed by atoms with Gasteiger partial charge in [-0.2, -0.15) is 13.2 Å². The zero-order valence-electron chi connectivity index (χ0n) is 16.3. The van der Waals surface area contributed by atoms with E-state index in [1.54, 1.807) is 4.90 Å². The summed E-state index contributed by atoms with van der Waals surface area (Å²) in [6, 6.07) is 10.7. The number of anilines is 1. The Morgan fingerprint density at radius 2 is 1.80 bits per heavy atom. The van der Waals surface area contributed by atoms with Gasteiger partial charge in [-0.25, -0.2) is 4.98 Å². The van der Waals surface area contributed by atoms with Crippen LogP contribution in [0.5, 0.6) is 0 Å². The summed E-state index contributed by atoms with van der Waals surface area (Å²) in [7, 11) is 0. The lowest BCUT2D eigenvalue weighted by molar-refractivity contribution is -0.137. The first kappa shape index (κ1) is 20.5. The van der Waals surface area contributed by atoms with Crippen LogP contribution >= 0.6 is 11.6 Å². The fraction of sp³-hybridized carbons (Fsp3) is 0.333. The van der Waals surface area contributed by atoms with Crippen molar-refractivity contribution in [2.45, 2.75) is 19.5 Å². The van der Waals surface area contributed by atoms with Crippen LogP contribution in [0.15, 0.2) is 42.6 Å². The summed E-state index contributed by atoms with van der Waals surface area (Å²) in [6.07, 6.45) is -3.26. The number of amides is 1. The Balaban J connectivity index is 1.65. The predicted octanol–water partition coefficient (Wildman–Crippen LogP) is 4.53. The van der Waals surface area contributed by atoms with Crippen LogP contribution in [0, 0.1) is 0 Å². The van der Waals surface area contributed by atoms with Crippen molar-refractivity contribution in [2.24, 2.45) is 0 Å². The second kappa shape index (κ2) is 7.83. The van der Waals surface area contributed by atoms with E-state index in [0.717, 1.165) is 18.0 Å². The van der Waals surface area contributed by atoms with Crippen LogP contribution in [0.4, 0.5) is 18.9 Å². The van der Waals surface area contributed by atoms with Gasteiger partial charge in [-0.1, -0.05) is 36.7 Å². The van der Waals surface area contributed by atoms with Gasteiger partial charge in [0.05, 0.1) is 16.3 Å². The number of aromatic nitrogens is 2. The molecule has 9 heteroatoms. The Kier molecular flexibility index (Phi) is 5.36. The lowest BCUT2D eigenvalue weighted by atomic mass is 10.2. The summed E-state index contributed by atoms with van der Waals surface area (Å²) in [5.74, 6) is -0.331. The number of fused-ring (bicyclic) bond motifs is 1. The van der Waals surface area contributed by atoms with E-state index in [4.69, 9.17) is 11.6 Å². The molecule has 158 valence electrons. The summed E-state index contributed by atoms with van der Waals surface area (Å²) < 4.78 is 41.0. The van der Waals surface area contributed by atoms with E-state index in [1.807, 2.05) is 37.3 Å². The molecule has 4 rings (SSSR count). The molecule has 1 aromatic carbocycles. The third kappa shape index (κ3) is 3.71. The van der Waals surface area contributed by atoms with Gasteiger partial charge in [-0.05, 0) is 24.6 Å². The van der Waals surface area contributed by atoms with Crippen molar-refractivity contribution < 1.29 is 18.0 Å². The van der Waals surface area contributed by atoms with Gasteiger partial charge in [-0.15, -0.1) is 0 Å². The fourth-order valence-corrected chi connectivity index (χ4v) is 3.99.